The van der Waals surface area contributed by atoms with Crippen LogP contribution in [0.15, 0.2) is 53.9 Å². The number of benzene rings is 1. The molecule has 0 saturated carbocycles. The minimum absolute atomic E-state index is 0.176. The predicted octanol–water partition coefficient (Wildman–Crippen LogP) is 4.32. The van der Waals surface area contributed by atoms with E-state index in [1.165, 1.54) is 0 Å². The van der Waals surface area contributed by atoms with Crippen LogP contribution in [-0.4, -0.2) is 29.9 Å². The summed E-state index contributed by atoms with van der Waals surface area (Å²) in [4.78, 5) is 21.0. The average molecular weight is 375 g/mol. The molecule has 0 atom stereocenters. The van der Waals surface area contributed by atoms with Crippen LogP contribution in [0.5, 0.6) is 0 Å². The molecule has 0 spiro atoms. The third-order valence-electron chi connectivity index (χ3n) is 3.62. The Morgan fingerprint density at radius 1 is 1.19 bits per heavy atom. The first-order chi connectivity index (χ1) is 12.7. The molecule has 0 aliphatic rings. The van der Waals surface area contributed by atoms with E-state index in [9.17, 15) is 4.79 Å². The van der Waals surface area contributed by atoms with Crippen molar-refractivity contribution < 1.29 is 14.4 Å². The number of ether oxygens (including phenoxy) is 1. The van der Waals surface area contributed by atoms with Gasteiger partial charge in [0.2, 0.25) is 0 Å². The summed E-state index contributed by atoms with van der Waals surface area (Å²) in [6, 6.07) is 11.7. The molecule has 0 amide bonds. The van der Waals surface area contributed by atoms with Crippen molar-refractivity contribution in [3.63, 3.8) is 0 Å². The summed E-state index contributed by atoms with van der Waals surface area (Å²) >= 11 is 5.94. The number of alkyl halides is 1. The molecule has 0 bridgehead atoms. The van der Waals surface area contributed by atoms with Crippen molar-refractivity contribution in [2.24, 2.45) is 5.16 Å². The second-order valence-corrected chi connectivity index (χ2v) is 5.88. The van der Waals surface area contributed by atoms with Gasteiger partial charge in [-0.2, -0.15) is 0 Å². The van der Waals surface area contributed by atoms with Crippen LogP contribution in [0.4, 0.5) is 0 Å². The summed E-state index contributed by atoms with van der Waals surface area (Å²) in [6.45, 7) is 2.64. The standard InChI is InChI=1S/C20H23ClN2O3/c1-2-25-19(24)10-3-4-12-26-23-20(18-9-6-11-22-15-18)17-8-5-7-16(13-17)14-21/h5-9,11,13,15H,2-4,10,12,14H2,1H3/b23-20-. The maximum Gasteiger partial charge on any atom is 0.305 e. The molecular weight excluding hydrogens is 352 g/mol. The Morgan fingerprint density at radius 3 is 2.77 bits per heavy atom. The Kier molecular flexibility index (Phi) is 8.63. The van der Waals surface area contributed by atoms with Crippen LogP contribution < -0.4 is 0 Å². The Bertz CT molecular complexity index is 720. The van der Waals surface area contributed by atoms with E-state index in [1.807, 2.05) is 36.4 Å². The highest BCUT2D eigenvalue weighted by Crippen LogP contribution is 2.14. The van der Waals surface area contributed by atoms with E-state index in [2.05, 4.69) is 10.1 Å². The third kappa shape index (κ3) is 6.48. The van der Waals surface area contributed by atoms with E-state index >= 15 is 0 Å². The molecule has 1 aromatic heterocycles. The van der Waals surface area contributed by atoms with Crippen molar-refractivity contribution in [3.05, 3.63) is 65.5 Å². The molecule has 0 aliphatic heterocycles. The fraction of sp³-hybridized carbons (Fsp3) is 0.350. The lowest BCUT2D eigenvalue weighted by Crippen LogP contribution is -2.06. The van der Waals surface area contributed by atoms with Gasteiger partial charge < -0.3 is 9.57 Å². The van der Waals surface area contributed by atoms with Gasteiger partial charge in [-0.25, -0.2) is 0 Å². The minimum Gasteiger partial charge on any atom is -0.466 e. The van der Waals surface area contributed by atoms with E-state index in [4.69, 9.17) is 21.2 Å². The van der Waals surface area contributed by atoms with Crippen LogP contribution in [0.2, 0.25) is 0 Å². The number of pyridine rings is 1. The Labute approximate surface area is 159 Å². The molecule has 0 radical (unpaired) electrons. The lowest BCUT2D eigenvalue weighted by atomic mass is 10.0. The summed E-state index contributed by atoms with van der Waals surface area (Å²) < 4.78 is 4.90. The zero-order chi connectivity index (χ0) is 18.6. The van der Waals surface area contributed by atoms with Crippen molar-refractivity contribution in [1.29, 1.82) is 0 Å². The zero-order valence-corrected chi connectivity index (χ0v) is 15.6. The number of halogens is 1. The molecular formula is C20H23ClN2O3. The van der Waals surface area contributed by atoms with Crippen molar-refractivity contribution in [2.75, 3.05) is 13.2 Å². The van der Waals surface area contributed by atoms with Crippen LogP contribution >= 0.6 is 11.6 Å². The van der Waals surface area contributed by atoms with Crippen molar-refractivity contribution >= 4 is 23.3 Å². The number of carbonyl (C=O) groups excluding carboxylic acids is 1. The van der Waals surface area contributed by atoms with Crippen LogP contribution in [-0.2, 0) is 20.2 Å². The SMILES string of the molecule is CCOC(=O)CCCCO/N=C(\c1cccnc1)c1cccc(CCl)c1. The topological polar surface area (TPSA) is 60.8 Å². The van der Waals surface area contributed by atoms with Gasteiger partial charge >= 0.3 is 5.97 Å². The monoisotopic (exact) mass is 374 g/mol. The number of hydrogen-bond acceptors (Lipinski definition) is 5. The fourth-order valence-corrected chi connectivity index (χ4v) is 2.52. The Morgan fingerprint density at radius 2 is 2.04 bits per heavy atom. The lowest BCUT2D eigenvalue weighted by Gasteiger charge is -2.08. The average Bonchev–Trinajstić information content (AvgIpc) is 2.68. The molecule has 26 heavy (non-hydrogen) atoms. The second-order valence-electron chi connectivity index (χ2n) is 5.61. The van der Waals surface area contributed by atoms with Crippen LogP contribution in [0.3, 0.4) is 0 Å². The van der Waals surface area contributed by atoms with Crippen LogP contribution in [0.1, 0.15) is 42.9 Å². The highest BCUT2D eigenvalue weighted by molar-refractivity contribution is 6.17. The summed E-state index contributed by atoms with van der Waals surface area (Å²) in [6.07, 6.45) is 5.29. The first-order valence-electron chi connectivity index (χ1n) is 8.66. The Hall–Kier alpha value is -2.40. The summed E-state index contributed by atoms with van der Waals surface area (Å²) in [5.74, 6) is 0.257. The first-order valence-corrected chi connectivity index (χ1v) is 9.19. The first kappa shape index (κ1) is 19.9. The third-order valence-corrected chi connectivity index (χ3v) is 3.93. The summed E-state index contributed by atoms with van der Waals surface area (Å²) in [5.41, 5.74) is 3.50. The zero-order valence-electron chi connectivity index (χ0n) is 14.9. The quantitative estimate of drug-likeness (QED) is 0.204. The van der Waals surface area contributed by atoms with Gasteiger partial charge in [0, 0.05) is 35.8 Å². The predicted molar refractivity (Wildman–Crippen MR) is 102 cm³/mol. The fourth-order valence-electron chi connectivity index (χ4n) is 2.36. The molecule has 2 rings (SSSR count). The van der Waals surface area contributed by atoms with E-state index in [-0.39, 0.29) is 5.97 Å². The smallest absolute Gasteiger partial charge is 0.305 e. The number of hydrogen-bond donors (Lipinski definition) is 0. The molecule has 0 N–H and O–H groups in total. The molecule has 0 aliphatic carbocycles. The van der Waals surface area contributed by atoms with Gasteiger partial charge in [-0.3, -0.25) is 9.78 Å². The molecule has 2 aromatic rings. The second kappa shape index (κ2) is 11.3. The number of oxime groups is 1. The van der Waals surface area contributed by atoms with Gasteiger partial charge in [0.25, 0.3) is 0 Å². The highest BCUT2D eigenvalue weighted by Gasteiger charge is 2.09. The molecule has 5 nitrogen and oxygen atoms in total. The van der Waals surface area contributed by atoms with E-state index < -0.39 is 0 Å². The van der Waals surface area contributed by atoms with Gasteiger partial charge in [0.05, 0.1) is 6.61 Å². The highest BCUT2D eigenvalue weighted by atomic mass is 35.5. The number of carbonyl (C=O) groups is 1. The number of unbranched alkanes of at least 4 members (excludes halogenated alkanes) is 1. The van der Waals surface area contributed by atoms with Crippen LogP contribution in [0.25, 0.3) is 0 Å². The van der Waals surface area contributed by atoms with Crippen molar-refractivity contribution in [1.82, 2.24) is 4.98 Å². The van der Waals surface area contributed by atoms with E-state index in [0.29, 0.717) is 37.6 Å². The van der Waals surface area contributed by atoms with Crippen LogP contribution in [0, 0.1) is 0 Å². The number of esters is 1. The molecule has 1 heterocycles. The maximum atomic E-state index is 11.3. The van der Waals surface area contributed by atoms with Gasteiger partial charge in [-0.1, -0.05) is 23.4 Å². The molecule has 0 saturated heterocycles. The number of aromatic nitrogens is 1. The van der Waals surface area contributed by atoms with Crippen molar-refractivity contribution in [3.8, 4) is 0 Å². The molecule has 138 valence electrons. The molecule has 1 aromatic carbocycles. The van der Waals surface area contributed by atoms with Gasteiger partial charge in [-0.05, 0) is 43.5 Å². The molecule has 6 heteroatoms. The summed E-state index contributed by atoms with van der Waals surface area (Å²) in [7, 11) is 0. The van der Waals surface area contributed by atoms with Gasteiger partial charge in [0.15, 0.2) is 0 Å². The number of nitrogens with zero attached hydrogens (tertiary/aromatic N) is 2. The van der Waals surface area contributed by atoms with Gasteiger partial charge in [-0.15, -0.1) is 11.6 Å². The van der Waals surface area contributed by atoms with Crippen molar-refractivity contribution in [2.45, 2.75) is 32.1 Å². The minimum atomic E-state index is -0.176. The Balaban J connectivity index is 2.00. The molecule has 0 fully saturated rings. The maximum absolute atomic E-state index is 11.3. The van der Waals surface area contributed by atoms with E-state index in [1.54, 1.807) is 19.3 Å². The lowest BCUT2D eigenvalue weighted by molar-refractivity contribution is -0.143. The van der Waals surface area contributed by atoms with E-state index in [0.717, 1.165) is 23.1 Å². The summed E-state index contributed by atoms with van der Waals surface area (Å²) in [5, 5.41) is 4.31. The number of rotatable bonds is 10. The van der Waals surface area contributed by atoms with Gasteiger partial charge in [0.1, 0.15) is 12.3 Å². The molecule has 0 unspecified atom stereocenters. The normalized spacial score (nSPS) is 11.2. The largest absolute Gasteiger partial charge is 0.466 e.